The van der Waals surface area contributed by atoms with Crippen molar-refractivity contribution in [2.45, 2.75) is 0 Å². The Morgan fingerprint density at radius 3 is 1.22 bits per heavy atom. The molecule has 5 heterocycles. The van der Waals surface area contributed by atoms with Gasteiger partial charge in [-0.1, -0.05) is 109 Å². The molecule has 7 nitrogen and oxygen atoms in total. The van der Waals surface area contributed by atoms with Gasteiger partial charge < -0.3 is 9.97 Å². The molecule has 8 bridgehead atoms. The van der Waals surface area contributed by atoms with Gasteiger partial charge in [-0.05, 0) is 109 Å². The maximum Gasteiger partial charge on any atom is 0.164 e. The number of rotatable bonds is 1. The molecular weight excluding hydrogens is 778 g/mol. The summed E-state index contributed by atoms with van der Waals surface area (Å²) in [7, 11) is 0. The summed E-state index contributed by atoms with van der Waals surface area (Å²) in [5, 5.41) is 12.2. The zero-order chi connectivity index (χ0) is 41.3. The third-order valence-electron chi connectivity index (χ3n) is 12.7. The minimum atomic E-state index is -0.349. The largest absolute Gasteiger partial charge is 0.339 e. The molecule has 2 N–H and O–H groups in total. The van der Waals surface area contributed by atoms with Crippen molar-refractivity contribution in [3.05, 3.63) is 176 Å². The first-order chi connectivity index (χ1) is 31.1. The molecule has 2 aliphatic heterocycles. The molecule has 0 spiro atoms. The van der Waals surface area contributed by atoms with Crippen molar-refractivity contribution in [2.75, 3.05) is 0 Å². The Kier molecular flexibility index (Phi) is 6.88. The number of nitrogens with one attached hydrogen (secondary N) is 2. The van der Waals surface area contributed by atoms with Crippen molar-refractivity contribution in [2.24, 2.45) is 0 Å². The highest BCUT2D eigenvalue weighted by Gasteiger charge is 2.26. The van der Waals surface area contributed by atoms with Crippen LogP contribution in [0.2, 0.25) is 0 Å². The van der Waals surface area contributed by atoms with Crippen molar-refractivity contribution in [1.82, 2.24) is 34.9 Å². The van der Waals surface area contributed by atoms with Crippen LogP contribution in [0.4, 0.5) is 4.39 Å². The van der Waals surface area contributed by atoms with Crippen LogP contribution in [0, 0.1) is 5.82 Å². The van der Waals surface area contributed by atoms with E-state index in [1.165, 1.54) is 6.07 Å². The smallest absolute Gasteiger partial charge is 0.164 e. The fourth-order valence-corrected chi connectivity index (χ4v) is 9.72. The lowest BCUT2D eigenvalue weighted by molar-refractivity contribution is 0.628. The van der Waals surface area contributed by atoms with Crippen LogP contribution in [-0.2, 0) is 0 Å². The lowest BCUT2D eigenvalue weighted by Crippen LogP contribution is -1.88. The normalized spacial score (nSPS) is 12.2. The minimum Gasteiger partial charge on any atom is -0.339 e. The molecule has 2 aliphatic rings. The zero-order valence-electron chi connectivity index (χ0n) is 33.3. The number of aromatic nitrogens is 7. The van der Waals surface area contributed by atoms with Gasteiger partial charge in [0.2, 0.25) is 0 Å². The van der Waals surface area contributed by atoms with Crippen LogP contribution in [0.15, 0.2) is 170 Å². The van der Waals surface area contributed by atoms with Crippen LogP contribution < -0.4 is 0 Å². The fourth-order valence-electron chi connectivity index (χ4n) is 9.72. The Morgan fingerprint density at radius 1 is 0.333 bits per heavy atom. The van der Waals surface area contributed by atoms with Crippen LogP contribution in [0.5, 0.6) is 0 Å². The molecule has 8 heteroatoms. The molecular formula is C55H30FN7. The molecule has 9 aromatic carbocycles. The van der Waals surface area contributed by atoms with Gasteiger partial charge in [0, 0.05) is 49.4 Å². The third kappa shape index (κ3) is 5.15. The molecule has 0 atom stereocenters. The van der Waals surface area contributed by atoms with E-state index in [9.17, 15) is 0 Å². The number of fused-ring (bicyclic) bond motifs is 24. The summed E-state index contributed by atoms with van der Waals surface area (Å²) in [6, 6.07) is 57.4. The number of benzene rings is 9. The highest BCUT2D eigenvalue weighted by atomic mass is 19.1. The highest BCUT2D eigenvalue weighted by Crippen LogP contribution is 2.46. The number of H-pyrrole nitrogens is 2. The Hall–Kier alpha value is -8.62. The van der Waals surface area contributed by atoms with Gasteiger partial charge in [-0.2, -0.15) is 0 Å². The molecule has 0 saturated carbocycles. The first-order valence-corrected chi connectivity index (χ1v) is 20.9. The van der Waals surface area contributed by atoms with Gasteiger partial charge in [0.25, 0.3) is 0 Å². The number of halogens is 1. The van der Waals surface area contributed by atoms with E-state index < -0.39 is 0 Å². The molecule has 3 aromatic heterocycles. The first-order valence-electron chi connectivity index (χ1n) is 20.9. The maximum absolute atomic E-state index is 15.6. The number of nitrogens with zero attached hydrogens (tertiary/aromatic N) is 5. The summed E-state index contributed by atoms with van der Waals surface area (Å²) in [6.45, 7) is 0. The molecule has 12 aromatic rings. The molecule has 14 rings (SSSR count). The van der Waals surface area contributed by atoms with Gasteiger partial charge in [-0.25, -0.2) is 29.3 Å². The van der Waals surface area contributed by atoms with Crippen molar-refractivity contribution < 1.29 is 4.39 Å². The number of hydrogen-bond acceptors (Lipinski definition) is 5. The molecule has 0 aliphatic carbocycles. The summed E-state index contributed by atoms with van der Waals surface area (Å²) < 4.78 is 15.6. The summed E-state index contributed by atoms with van der Waals surface area (Å²) in [5.41, 5.74) is 8.23. The lowest BCUT2D eigenvalue weighted by atomic mass is 9.94. The standard InChI is InChI=1S/C55H30FN7/c56-38-19-9-18-37(20-38)47-48-39-21-29-10-1-3-12-31(29)23-41(39)50(57-48)59-52-43-25-33-14-5-7-16-35(33)27-45(43)54(61-52)63-55-46-28-36-17-8-6-15-34(36)26-44(46)53(62-55)60-51-42-24-32-13-4-2-11-30(32)22-40(42)49(47)58-51/h1-28H,(H2,57,58,59,60,61,62,63). The lowest BCUT2D eigenvalue weighted by Gasteiger charge is -2.09. The Bertz CT molecular complexity index is 4190. The van der Waals surface area contributed by atoms with Crippen molar-refractivity contribution in [1.29, 1.82) is 0 Å². The Labute approximate surface area is 357 Å². The van der Waals surface area contributed by atoms with E-state index in [1.54, 1.807) is 12.1 Å². The monoisotopic (exact) mass is 807 g/mol. The summed E-state index contributed by atoms with van der Waals surface area (Å²) >= 11 is 0. The maximum atomic E-state index is 15.6. The van der Waals surface area contributed by atoms with Crippen molar-refractivity contribution in [3.63, 3.8) is 0 Å². The first kappa shape index (κ1) is 34.1. The zero-order valence-corrected chi connectivity index (χ0v) is 33.3. The molecule has 0 radical (unpaired) electrons. The summed E-state index contributed by atoms with van der Waals surface area (Å²) in [5.74, 6) is 1.27. The van der Waals surface area contributed by atoms with Gasteiger partial charge in [-0.3, -0.25) is 0 Å². The predicted octanol–water partition coefficient (Wildman–Crippen LogP) is 13.9. The molecule has 63 heavy (non-hydrogen) atoms. The molecule has 292 valence electrons. The van der Waals surface area contributed by atoms with E-state index >= 15 is 4.39 Å². The van der Waals surface area contributed by atoms with Crippen LogP contribution in [-0.4, -0.2) is 34.9 Å². The average molecular weight is 808 g/mol. The van der Waals surface area contributed by atoms with E-state index in [0.717, 1.165) is 98.0 Å². The van der Waals surface area contributed by atoms with Crippen molar-refractivity contribution in [3.8, 4) is 56.5 Å². The van der Waals surface area contributed by atoms with Crippen LogP contribution >= 0.6 is 0 Å². The van der Waals surface area contributed by atoms with Gasteiger partial charge >= 0.3 is 0 Å². The highest BCUT2D eigenvalue weighted by molar-refractivity contribution is 6.18. The molecule has 0 unspecified atom stereocenters. The second-order valence-corrected chi connectivity index (χ2v) is 16.4. The molecule has 0 saturated heterocycles. The topological polar surface area (TPSA) is 96.0 Å². The fraction of sp³-hybridized carbons (Fsp3) is 0. The van der Waals surface area contributed by atoms with Crippen LogP contribution in [0.1, 0.15) is 0 Å². The van der Waals surface area contributed by atoms with Gasteiger partial charge in [0.05, 0.1) is 11.2 Å². The summed E-state index contributed by atoms with van der Waals surface area (Å²) in [4.78, 5) is 34.4. The Morgan fingerprint density at radius 2 is 0.730 bits per heavy atom. The van der Waals surface area contributed by atoms with Crippen LogP contribution in [0.25, 0.3) is 144 Å². The SMILES string of the molecule is Fc1cccc(-c2c3nc(nc4[nH]c(nc5nc(nc6[nH]c2c2cc7ccccc7cc62)-c2cc6ccccc6cc2-5)c2cc5ccccc5cc42)-c2cc4ccccc4cc2-3)c1. The Balaban J connectivity index is 1.24. The van der Waals surface area contributed by atoms with E-state index in [4.69, 9.17) is 24.9 Å². The summed E-state index contributed by atoms with van der Waals surface area (Å²) in [6.07, 6.45) is 0. The van der Waals surface area contributed by atoms with E-state index in [1.807, 2.05) is 54.6 Å². The second kappa shape index (κ2) is 12.7. The van der Waals surface area contributed by atoms with Gasteiger partial charge in [0.15, 0.2) is 17.5 Å². The molecule has 0 fully saturated rings. The quantitative estimate of drug-likeness (QED) is 0.172. The number of aromatic amines is 2. The predicted molar refractivity (Wildman–Crippen MR) is 254 cm³/mol. The number of hydrogen-bond donors (Lipinski definition) is 2. The van der Waals surface area contributed by atoms with E-state index in [2.05, 4.69) is 107 Å². The third-order valence-corrected chi connectivity index (χ3v) is 12.7. The second-order valence-electron chi connectivity index (χ2n) is 16.4. The van der Waals surface area contributed by atoms with E-state index in [-0.39, 0.29) is 5.82 Å². The minimum absolute atomic E-state index is 0.349. The molecule has 0 amide bonds. The van der Waals surface area contributed by atoms with Crippen LogP contribution in [0.3, 0.4) is 0 Å². The van der Waals surface area contributed by atoms with E-state index in [0.29, 0.717) is 45.7 Å². The average Bonchev–Trinajstić information content (AvgIpc) is 4.04. The van der Waals surface area contributed by atoms with Gasteiger partial charge in [-0.15, -0.1) is 0 Å². The van der Waals surface area contributed by atoms with Crippen molar-refractivity contribution >= 4 is 87.1 Å². The van der Waals surface area contributed by atoms with Gasteiger partial charge in [0.1, 0.15) is 22.8 Å².